The van der Waals surface area contributed by atoms with Crippen LogP contribution in [0.2, 0.25) is 0 Å². The molecule has 0 aliphatic heterocycles. The maximum absolute atomic E-state index is 12.3. The van der Waals surface area contributed by atoms with E-state index in [4.69, 9.17) is 19.7 Å². The first kappa shape index (κ1) is 29.7. The van der Waals surface area contributed by atoms with E-state index < -0.39 is 25.2 Å². The average molecular weight is 505 g/mol. The lowest BCUT2D eigenvalue weighted by atomic mass is 9.74. The first-order chi connectivity index (χ1) is 17.4. The third kappa shape index (κ3) is 10.2. The Balaban J connectivity index is 1.83. The average Bonchev–Trinajstić information content (AvgIpc) is 2.91. The Bertz CT molecular complexity index is 810. The minimum Gasteiger partial charge on any atom is -0.462 e. The number of hydrogen-bond acceptors (Lipinski definition) is 6. The molecule has 0 amide bonds. The Morgan fingerprint density at radius 3 is 1.83 bits per heavy atom. The number of unbranched alkanes of at least 4 members (excludes halogenated alkanes) is 1. The maximum atomic E-state index is 12.3. The summed E-state index contributed by atoms with van der Waals surface area (Å²) in [6.07, 6.45) is 8.54. The Morgan fingerprint density at radius 2 is 1.36 bits per heavy atom. The molecule has 2 rings (SSSR count). The largest absolute Gasteiger partial charge is 0.462 e. The normalized spacial score (nSPS) is 17.6. The van der Waals surface area contributed by atoms with E-state index in [2.05, 4.69) is 37.4 Å². The molecule has 0 aromatic heterocycles. The van der Waals surface area contributed by atoms with Crippen molar-refractivity contribution >= 4 is 11.9 Å². The van der Waals surface area contributed by atoms with Gasteiger partial charge in [0.15, 0.2) is 0 Å². The lowest BCUT2D eigenvalue weighted by molar-refractivity contribution is -0.146. The molecule has 0 atom stereocenters. The van der Waals surface area contributed by atoms with E-state index in [1.54, 1.807) is 0 Å². The number of aryl methyl sites for hydroxylation is 2. The van der Waals surface area contributed by atoms with Gasteiger partial charge in [0.1, 0.15) is 0 Å². The predicted molar refractivity (Wildman–Crippen MR) is 137 cm³/mol. The van der Waals surface area contributed by atoms with Crippen molar-refractivity contribution in [1.29, 1.82) is 0 Å². The van der Waals surface area contributed by atoms with Crippen molar-refractivity contribution in [1.82, 2.24) is 0 Å². The summed E-state index contributed by atoms with van der Waals surface area (Å²) in [5.41, 5.74) is 2.54. The highest BCUT2D eigenvalue weighted by Crippen LogP contribution is 2.36. The molecule has 0 radical (unpaired) electrons. The number of aliphatic hydroxyl groups excluding tert-OH is 2. The summed E-state index contributed by atoms with van der Waals surface area (Å²) in [6, 6.07) is 8.65. The molecule has 1 aromatic carbocycles. The van der Waals surface area contributed by atoms with Crippen LogP contribution in [-0.4, -0.2) is 55.3 Å². The van der Waals surface area contributed by atoms with Gasteiger partial charge in [-0.1, -0.05) is 50.3 Å². The molecular weight excluding hydrogens is 463 g/mol. The van der Waals surface area contributed by atoms with Crippen LogP contribution >= 0.6 is 0 Å². The van der Waals surface area contributed by atoms with Crippen LogP contribution in [0.4, 0.5) is 4.39 Å². The first-order valence-electron chi connectivity index (χ1n) is 12.9. The number of halogens is 1. The zero-order valence-electron chi connectivity index (χ0n) is 21.3. The molecule has 0 spiro atoms. The lowest BCUT2D eigenvalue weighted by Crippen LogP contribution is -2.31. The van der Waals surface area contributed by atoms with Crippen LogP contribution in [0.25, 0.3) is 0 Å². The fourth-order valence-corrected chi connectivity index (χ4v) is 4.63. The zero-order valence-corrected chi connectivity index (χ0v) is 21.3. The molecule has 1 saturated carbocycles. The van der Waals surface area contributed by atoms with Gasteiger partial charge in [-0.05, 0) is 67.9 Å². The van der Waals surface area contributed by atoms with E-state index >= 15 is 0 Å². The fraction of sp³-hybridized carbons (Fsp3) is 0.586. The van der Waals surface area contributed by atoms with Gasteiger partial charge in [-0.25, -0.2) is 9.59 Å². The molecule has 1 aliphatic carbocycles. The monoisotopic (exact) mass is 504 g/mol. The van der Waals surface area contributed by atoms with Gasteiger partial charge in [0, 0.05) is 5.92 Å². The van der Waals surface area contributed by atoms with Crippen molar-refractivity contribution in [2.24, 2.45) is 17.8 Å². The van der Waals surface area contributed by atoms with E-state index in [1.165, 1.54) is 11.1 Å². The molecule has 7 heteroatoms. The number of carbonyl (C=O) groups is 2. The highest BCUT2D eigenvalue weighted by molar-refractivity contribution is 5.88. The fourth-order valence-electron chi connectivity index (χ4n) is 4.63. The SMILES string of the molecule is C=C(CO)C(=O)OCC(COC(=O)C(=C)CO)C1CCC(CCc2ccc(CCCCF)cc2)CC1. The van der Waals surface area contributed by atoms with E-state index in [0.29, 0.717) is 12.3 Å². The van der Waals surface area contributed by atoms with Gasteiger partial charge in [-0.2, -0.15) is 0 Å². The van der Waals surface area contributed by atoms with Gasteiger partial charge in [0.05, 0.1) is 44.2 Å². The molecule has 0 heterocycles. The molecule has 1 aliphatic rings. The maximum Gasteiger partial charge on any atom is 0.335 e. The van der Waals surface area contributed by atoms with Crippen molar-refractivity contribution in [3.05, 3.63) is 59.7 Å². The van der Waals surface area contributed by atoms with Gasteiger partial charge >= 0.3 is 11.9 Å². The summed E-state index contributed by atoms with van der Waals surface area (Å²) >= 11 is 0. The third-order valence-corrected chi connectivity index (χ3v) is 7.09. The number of hydrogen-bond donors (Lipinski definition) is 2. The van der Waals surface area contributed by atoms with E-state index in [0.717, 1.165) is 51.4 Å². The number of esters is 2. The second kappa shape index (κ2) is 16.3. The molecule has 36 heavy (non-hydrogen) atoms. The van der Waals surface area contributed by atoms with Gasteiger partial charge in [0.2, 0.25) is 0 Å². The van der Waals surface area contributed by atoms with Crippen molar-refractivity contribution in [2.45, 2.75) is 57.8 Å². The molecule has 200 valence electrons. The number of aliphatic hydroxyl groups is 2. The molecule has 0 saturated heterocycles. The second-order valence-corrected chi connectivity index (χ2v) is 9.76. The van der Waals surface area contributed by atoms with Crippen LogP contribution in [0.5, 0.6) is 0 Å². The number of ether oxygens (including phenoxy) is 2. The summed E-state index contributed by atoms with van der Waals surface area (Å²) < 4.78 is 22.9. The van der Waals surface area contributed by atoms with Crippen LogP contribution in [-0.2, 0) is 31.9 Å². The van der Waals surface area contributed by atoms with Crippen LogP contribution in [0.1, 0.15) is 56.1 Å². The molecule has 0 unspecified atom stereocenters. The zero-order chi connectivity index (χ0) is 26.3. The van der Waals surface area contributed by atoms with Crippen LogP contribution in [0, 0.1) is 17.8 Å². The minimum absolute atomic E-state index is 0.0177. The van der Waals surface area contributed by atoms with Gasteiger partial charge in [0.25, 0.3) is 0 Å². The molecule has 0 bridgehead atoms. The standard InChI is InChI=1S/C29H41FO6/c1-21(17-31)28(33)35-19-27(20-36-29(34)22(2)18-32)26-14-12-25(13-15-26)11-10-24-8-6-23(7-9-24)5-3-4-16-30/h6-9,25-27,31-32H,1-5,10-20H2. The van der Waals surface area contributed by atoms with Crippen molar-refractivity contribution in [3.63, 3.8) is 0 Å². The summed E-state index contributed by atoms with van der Waals surface area (Å²) in [4.78, 5) is 23.9. The summed E-state index contributed by atoms with van der Waals surface area (Å²) in [7, 11) is 0. The van der Waals surface area contributed by atoms with Crippen LogP contribution < -0.4 is 0 Å². The van der Waals surface area contributed by atoms with Crippen LogP contribution in [0.3, 0.4) is 0 Å². The van der Waals surface area contributed by atoms with E-state index in [1.807, 2.05) is 0 Å². The lowest BCUT2D eigenvalue weighted by Gasteiger charge is -2.33. The Morgan fingerprint density at radius 1 is 0.861 bits per heavy atom. The van der Waals surface area contributed by atoms with Gasteiger partial charge < -0.3 is 19.7 Å². The molecule has 6 nitrogen and oxygen atoms in total. The Hall–Kier alpha value is -2.51. The van der Waals surface area contributed by atoms with Crippen molar-refractivity contribution < 1.29 is 33.7 Å². The minimum atomic E-state index is -0.657. The second-order valence-electron chi connectivity index (χ2n) is 9.76. The quantitative estimate of drug-likeness (QED) is 0.195. The highest BCUT2D eigenvalue weighted by atomic mass is 19.1. The number of alkyl halides is 1. The van der Waals surface area contributed by atoms with Crippen molar-refractivity contribution in [3.8, 4) is 0 Å². The smallest absolute Gasteiger partial charge is 0.335 e. The summed E-state index contributed by atoms with van der Waals surface area (Å²) in [6.45, 7) is 5.92. The first-order valence-corrected chi connectivity index (χ1v) is 12.9. The summed E-state index contributed by atoms with van der Waals surface area (Å²) in [5.74, 6) is -0.650. The Labute approximate surface area is 214 Å². The number of rotatable bonds is 16. The van der Waals surface area contributed by atoms with Gasteiger partial charge in [-0.15, -0.1) is 0 Å². The molecule has 1 fully saturated rings. The molecular formula is C29H41FO6. The molecule has 2 N–H and O–H groups in total. The van der Waals surface area contributed by atoms with E-state index in [9.17, 15) is 14.0 Å². The Kier molecular flexibility index (Phi) is 13.4. The predicted octanol–water partition coefficient (Wildman–Crippen LogP) is 4.52. The molecule has 1 aromatic rings. The highest BCUT2D eigenvalue weighted by Gasteiger charge is 2.30. The summed E-state index contributed by atoms with van der Waals surface area (Å²) in [5, 5.41) is 18.2. The van der Waals surface area contributed by atoms with Gasteiger partial charge in [-0.3, -0.25) is 4.39 Å². The van der Waals surface area contributed by atoms with Crippen LogP contribution in [0.15, 0.2) is 48.6 Å². The third-order valence-electron chi connectivity index (χ3n) is 7.09. The van der Waals surface area contributed by atoms with E-state index in [-0.39, 0.29) is 42.9 Å². The topological polar surface area (TPSA) is 93.1 Å². The number of carbonyl (C=O) groups excluding carboxylic acids is 2. The number of benzene rings is 1. The van der Waals surface area contributed by atoms with Crippen molar-refractivity contribution in [2.75, 3.05) is 33.1 Å².